The summed E-state index contributed by atoms with van der Waals surface area (Å²) < 4.78 is 40.2. The highest BCUT2D eigenvalue weighted by Crippen LogP contribution is 2.36. The minimum absolute atomic E-state index is 0.0240. The van der Waals surface area contributed by atoms with Crippen LogP contribution in [0.3, 0.4) is 0 Å². The van der Waals surface area contributed by atoms with Gasteiger partial charge in [0.15, 0.2) is 0 Å². The summed E-state index contributed by atoms with van der Waals surface area (Å²) in [6.45, 7) is 2.48. The van der Waals surface area contributed by atoms with Crippen molar-refractivity contribution < 1.29 is 27.6 Å². The zero-order valence-corrected chi connectivity index (χ0v) is 17.4. The zero-order valence-electron chi connectivity index (χ0n) is 17.4. The van der Waals surface area contributed by atoms with Gasteiger partial charge in [-0.1, -0.05) is 24.3 Å². The number of benzene rings is 2. The lowest BCUT2D eigenvalue weighted by Gasteiger charge is -2.17. The summed E-state index contributed by atoms with van der Waals surface area (Å²) in [5, 5.41) is 7.03. The van der Waals surface area contributed by atoms with Crippen molar-refractivity contribution in [1.29, 1.82) is 0 Å². The number of hydrogen-bond acceptors (Lipinski definition) is 3. The molecular weight excluding hydrogens is 425 g/mol. The summed E-state index contributed by atoms with van der Waals surface area (Å²) in [4.78, 5) is 36.9. The van der Waals surface area contributed by atoms with Crippen LogP contribution < -0.4 is 16.0 Å². The summed E-state index contributed by atoms with van der Waals surface area (Å²) >= 11 is 0. The van der Waals surface area contributed by atoms with Crippen LogP contribution in [0.25, 0.3) is 0 Å². The highest BCUT2D eigenvalue weighted by molar-refractivity contribution is 5.92. The summed E-state index contributed by atoms with van der Waals surface area (Å²) in [6, 6.07) is 9.61. The molecule has 1 aliphatic rings. The van der Waals surface area contributed by atoms with E-state index in [0.717, 1.165) is 29.7 Å². The molecule has 1 saturated heterocycles. The Morgan fingerprint density at radius 2 is 1.81 bits per heavy atom. The molecule has 1 fully saturated rings. The minimum atomic E-state index is -4.72. The van der Waals surface area contributed by atoms with Gasteiger partial charge in [0.25, 0.3) is 0 Å². The molecule has 2 aromatic rings. The second-order valence-electron chi connectivity index (χ2n) is 7.49. The van der Waals surface area contributed by atoms with Crippen LogP contribution in [0.5, 0.6) is 0 Å². The van der Waals surface area contributed by atoms with Gasteiger partial charge in [-0.3, -0.25) is 9.59 Å². The molecule has 0 atom stereocenters. The summed E-state index contributed by atoms with van der Waals surface area (Å²) in [7, 11) is 0. The molecule has 170 valence electrons. The first-order valence-electron chi connectivity index (χ1n) is 10.0. The van der Waals surface area contributed by atoms with Gasteiger partial charge in [0, 0.05) is 38.7 Å². The molecule has 0 radical (unpaired) electrons. The maximum atomic E-state index is 13.4. The molecule has 1 aliphatic heterocycles. The monoisotopic (exact) mass is 448 g/mol. The van der Waals surface area contributed by atoms with E-state index in [-0.39, 0.29) is 18.1 Å². The molecule has 1 heterocycles. The smallest absolute Gasteiger partial charge is 0.338 e. The van der Waals surface area contributed by atoms with Crippen molar-refractivity contribution >= 4 is 29.2 Å². The van der Waals surface area contributed by atoms with Gasteiger partial charge in [-0.15, -0.1) is 0 Å². The number of carbonyl (C=O) groups excluding carboxylic acids is 3. The molecule has 7 nitrogen and oxygen atoms in total. The fourth-order valence-corrected chi connectivity index (χ4v) is 3.45. The molecule has 3 N–H and O–H groups in total. The van der Waals surface area contributed by atoms with Crippen LogP contribution in [0.4, 0.5) is 29.3 Å². The van der Waals surface area contributed by atoms with Crippen molar-refractivity contribution in [2.45, 2.75) is 39.0 Å². The SMILES string of the molecule is CC(=O)Nc1ccc(NC(=O)NCc2cccc(CN3CCCC3=O)c2)c(C(F)(F)F)c1. The molecule has 2 aromatic carbocycles. The first-order valence-corrected chi connectivity index (χ1v) is 10.0. The Labute approximate surface area is 183 Å². The maximum Gasteiger partial charge on any atom is 0.418 e. The molecule has 10 heteroatoms. The van der Waals surface area contributed by atoms with Gasteiger partial charge in [-0.05, 0) is 35.7 Å². The van der Waals surface area contributed by atoms with Gasteiger partial charge in [-0.2, -0.15) is 13.2 Å². The Balaban J connectivity index is 1.63. The van der Waals surface area contributed by atoms with Gasteiger partial charge < -0.3 is 20.9 Å². The number of urea groups is 1. The predicted octanol–water partition coefficient (Wildman–Crippen LogP) is 4.11. The van der Waals surface area contributed by atoms with Crippen LogP contribution >= 0.6 is 0 Å². The van der Waals surface area contributed by atoms with E-state index in [1.807, 2.05) is 12.1 Å². The number of carbonyl (C=O) groups is 3. The normalized spacial score (nSPS) is 13.8. The number of rotatable bonds is 6. The van der Waals surface area contributed by atoms with E-state index in [2.05, 4.69) is 16.0 Å². The quantitative estimate of drug-likeness (QED) is 0.621. The second-order valence-corrected chi connectivity index (χ2v) is 7.49. The largest absolute Gasteiger partial charge is 0.418 e. The third kappa shape index (κ3) is 6.22. The van der Waals surface area contributed by atoms with Gasteiger partial charge in [0.05, 0.1) is 11.3 Å². The number of halogens is 3. The summed E-state index contributed by atoms with van der Waals surface area (Å²) in [5.74, 6) is -0.397. The molecule has 0 aromatic heterocycles. The number of amides is 4. The fraction of sp³-hybridized carbons (Fsp3) is 0.318. The van der Waals surface area contributed by atoms with Gasteiger partial charge in [-0.25, -0.2) is 4.79 Å². The molecule has 0 unspecified atom stereocenters. The van der Waals surface area contributed by atoms with Crippen LogP contribution in [0.1, 0.15) is 36.5 Å². The Morgan fingerprint density at radius 1 is 1.06 bits per heavy atom. The zero-order chi connectivity index (χ0) is 23.3. The van der Waals surface area contributed by atoms with Crippen LogP contribution in [0, 0.1) is 0 Å². The number of anilines is 2. The molecular formula is C22H23F3N4O3. The molecule has 0 bridgehead atoms. The van der Waals surface area contributed by atoms with Crippen molar-refractivity contribution in [3.63, 3.8) is 0 Å². The lowest BCUT2D eigenvalue weighted by atomic mass is 10.1. The number of hydrogen-bond donors (Lipinski definition) is 3. The minimum Gasteiger partial charge on any atom is -0.338 e. The van der Waals surface area contributed by atoms with Gasteiger partial charge >= 0.3 is 12.2 Å². The van der Waals surface area contributed by atoms with Crippen LogP contribution in [0.2, 0.25) is 0 Å². The first-order chi connectivity index (χ1) is 15.1. The second kappa shape index (κ2) is 9.71. The number of nitrogens with one attached hydrogen (secondary N) is 3. The van der Waals surface area contributed by atoms with E-state index in [1.54, 1.807) is 17.0 Å². The van der Waals surface area contributed by atoms with Crippen molar-refractivity contribution in [2.75, 3.05) is 17.2 Å². The molecule has 32 heavy (non-hydrogen) atoms. The van der Waals surface area contributed by atoms with E-state index < -0.39 is 29.4 Å². The van der Waals surface area contributed by atoms with E-state index in [1.165, 1.54) is 13.0 Å². The molecule has 3 rings (SSSR count). The highest BCUT2D eigenvalue weighted by atomic mass is 19.4. The Hall–Kier alpha value is -3.56. The summed E-state index contributed by atoms with van der Waals surface area (Å²) in [6.07, 6.45) is -3.34. The maximum absolute atomic E-state index is 13.4. The molecule has 0 saturated carbocycles. The lowest BCUT2D eigenvalue weighted by Crippen LogP contribution is -2.29. The lowest BCUT2D eigenvalue weighted by molar-refractivity contribution is -0.137. The molecule has 0 spiro atoms. The highest BCUT2D eigenvalue weighted by Gasteiger charge is 2.34. The molecule has 4 amide bonds. The topological polar surface area (TPSA) is 90.5 Å². The average Bonchev–Trinajstić information content (AvgIpc) is 3.11. The Kier molecular flexibility index (Phi) is 7.01. The van der Waals surface area contributed by atoms with Crippen LogP contribution in [0.15, 0.2) is 42.5 Å². The Morgan fingerprint density at radius 3 is 2.47 bits per heavy atom. The number of nitrogens with zero attached hydrogens (tertiary/aromatic N) is 1. The predicted molar refractivity (Wildman–Crippen MR) is 113 cm³/mol. The van der Waals surface area contributed by atoms with E-state index in [0.29, 0.717) is 19.5 Å². The van der Waals surface area contributed by atoms with Gasteiger partial charge in [0.2, 0.25) is 11.8 Å². The van der Waals surface area contributed by atoms with Gasteiger partial charge in [0.1, 0.15) is 0 Å². The number of likely N-dealkylation sites (tertiary alicyclic amines) is 1. The van der Waals surface area contributed by atoms with Crippen molar-refractivity contribution in [1.82, 2.24) is 10.2 Å². The number of alkyl halides is 3. The van der Waals surface area contributed by atoms with Crippen molar-refractivity contribution in [3.05, 3.63) is 59.2 Å². The van der Waals surface area contributed by atoms with E-state index in [9.17, 15) is 27.6 Å². The van der Waals surface area contributed by atoms with Crippen LogP contribution in [-0.4, -0.2) is 29.3 Å². The van der Waals surface area contributed by atoms with Crippen LogP contribution in [-0.2, 0) is 28.9 Å². The average molecular weight is 448 g/mol. The molecule has 0 aliphatic carbocycles. The van der Waals surface area contributed by atoms with E-state index in [4.69, 9.17) is 0 Å². The third-order valence-corrected chi connectivity index (χ3v) is 4.88. The third-order valence-electron chi connectivity index (χ3n) is 4.88. The van der Waals surface area contributed by atoms with E-state index >= 15 is 0 Å². The fourth-order valence-electron chi connectivity index (χ4n) is 3.45. The standard InChI is InChI=1S/C22H23F3N4O3/c1-14(30)27-17-7-8-19(18(11-17)22(23,24)25)28-21(32)26-12-15-4-2-5-16(10-15)13-29-9-3-6-20(29)31/h2,4-5,7-8,10-11H,3,6,9,12-13H2,1H3,(H,27,30)(H2,26,28,32). The first kappa shape index (κ1) is 23.1. The summed E-state index contributed by atoms with van der Waals surface area (Å²) in [5.41, 5.74) is 0.139. The van der Waals surface area contributed by atoms with Crippen molar-refractivity contribution in [2.24, 2.45) is 0 Å². The Bertz CT molecular complexity index is 1020. The van der Waals surface area contributed by atoms with Crippen molar-refractivity contribution in [3.8, 4) is 0 Å².